The molecule has 0 fully saturated rings. The monoisotopic (exact) mass is 449 g/mol. The van der Waals surface area contributed by atoms with Crippen molar-refractivity contribution in [3.05, 3.63) is 99.4 Å². The first kappa shape index (κ1) is 21.5. The number of anilines is 1. The summed E-state index contributed by atoms with van der Waals surface area (Å²) in [5.74, 6) is -0.123. The van der Waals surface area contributed by atoms with Gasteiger partial charge in [-0.15, -0.1) is 11.3 Å². The molecule has 8 heteroatoms. The van der Waals surface area contributed by atoms with E-state index in [0.29, 0.717) is 29.1 Å². The summed E-state index contributed by atoms with van der Waals surface area (Å²) in [6.45, 7) is -0.263. The molecule has 2 aromatic heterocycles. The van der Waals surface area contributed by atoms with Crippen molar-refractivity contribution in [2.45, 2.75) is 13.0 Å². The minimum atomic E-state index is -0.429. The lowest BCUT2D eigenvalue weighted by molar-refractivity contribution is -0.117. The Bertz CT molecular complexity index is 1280. The molecule has 0 atom stereocenters. The van der Waals surface area contributed by atoms with E-state index in [4.69, 9.17) is 4.74 Å². The van der Waals surface area contributed by atoms with Gasteiger partial charge in [0.15, 0.2) is 0 Å². The Hall–Kier alpha value is -3.78. The Morgan fingerprint density at radius 3 is 2.66 bits per heavy atom. The molecule has 4 aromatic rings. The van der Waals surface area contributed by atoms with Gasteiger partial charge in [-0.05, 0) is 59.5 Å². The van der Waals surface area contributed by atoms with Crippen LogP contribution < -0.4 is 15.6 Å². The molecule has 162 valence electrons. The van der Waals surface area contributed by atoms with E-state index in [9.17, 15) is 14.0 Å². The van der Waals surface area contributed by atoms with E-state index in [0.717, 1.165) is 10.4 Å². The van der Waals surface area contributed by atoms with Crippen LogP contribution in [0.25, 0.3) is 10.6 Å². The van der Waals surface area contributed by atoms with Crippen molar-refractivity contribution in [3.63, 3.8) is 0 Å². The molecular weight excluding hydrogens is 429 g/mol. The lowest BCUT2D eigenvalue weighted by atomic mass is 10.1. The number of nitrogens with one attached hydrogen (secondary N) is 1. The fraction of sp³-hybridized carbons (Fsp3) is 0.125. The summed E-state index contributed by atoms with van der Waals surface area (Å²) in [5, 5.41) is 9.01. The Balaban J connectivity index is 1.65. The zero-order chi connectivity index (χ0) is 22.5. The second-order valence-corrected chi connectivity index (χ2v) is 8.03. The number of benzene rings is 2. The number of amides is 1. The third kappa shape index (κ3) is 5.09. The minimum Gasteiger partial charge on any atom is -0.497 e. The normalized spacial score (nSPS) is 10.7. The van der Waals surface area contributed by atoms with Gasteiger partial charge >= 0.3 is 0 Å². The number of aromatic nitrogens is 2. The van der Waals surface area contributed by atoms with Crippen LogP contribution in [-0.4, -0.2) is 22.8 Å². The average molecular weight is 450 g/mol. The topological polar surface area (TPSA) is 73.2 Å². The SMILES string of the molecule is COc1cccc(Cc2cc(-c3cccs3)nn(CC(=O)Nc3ccc(F)cc3)c2=O)c1. The largest absolute Gasteiger partial charge is 0.497 e. The first-order valence-corrected chi connectivity index (χ1v) is 10.7. The summed E-state index contributed by atoms with van der Waals surface area (Å²) >= 11 is 1.50. The lowest BCUT2D eigenvalue weighted by Crippen LogP contribution is -2.32. The van der Waals surface area contributed by atoms with Crippen molar-refractivity contribution >= 4 is 22.9 Å². The maximum Gasteiger partial charge on any atom is 0.270 e. The highest BCUT2D eigenvalue weighted by Gasteiger charge is 2.14. The van der Waals surface area contributed by atoms with Crippen molar-refractivity contribution in [1.82, 2.24) is 9.78 Å². The van der Waals surface area contributed by atoms with Gasteiger partial charge in [0.2, 0.25) is 5.91 Å². The molecular formula is C24H20FN3O3S. The standard InChI is InChI=1S/C24H20FN3O3S/c1-31-20-5-2-4-16(13-20)12-17-14-21(22-6-3-11-32-22)27-28(24(17)30)15-23(29)26-19-9-7-18(25)8-10-19/h2-11,13-14H,12,15H2,1H3,(H,26,29). The van der Waals surface area contributed by atoms with Crippen LogP contribution in [0.15, 0.2) is 76.9 Å². The van der Waals surface area contributed by atoms with Crippen molar-refractivity contribution in [2.24, 2.45) is 0 Å². The second-order valence-electron chi connectivity index (χ2n) is 7.08. The van der Waals surface area contributed by atoms with Gasteiger partial charge in [0.1, 0.15) is 23.8 Å². The van der Waals surface area contributed by atoms with E-state index in [1.165, 1.54) is 40.3 Å². The van der Waals surface area contributed by atoms with Gasteiger partial charge in [0.05, 0.1) is 12.0 Å². The lowest BCUT2D eigenvalue weighted by Gasteiger charge is -2.11. The zero-order valence-electron chi connectivity index (χ0n) is 17.2. The van der Waals surface area contributed by atoms with Crippen LogP contribution in [0.2, 0.25) is 0 Å². The number of halogens is 1. The fourth-order valence-electron chi connectivity index (χ4n) is 3.25. The van der Waals surface area contributed by atoms with Crippen LogP contribution in [0.1, 0.15) is 11.1 Å². The molecule has 0 spiro atoms. The second kappa shape index (κ2) is 9.57. The molecule has 6 nitrogen and oxygen atoms in total. The highest BCUT2D eigenvalue weighted by atomic mass is 32.1. The van der Waals surface area contributed by atoms with Crippen LogP contribution >= 0.6 is 11.3 Å². The molecule has 0 saturated heterocycles. The van der Waals surface area contributed by atoms with Crippen LogP contribution in [0, 0.1) is 5.82 Å². The predicted octanol–water partition coefficient (Wildman–Crippen LogP) is 4.35. The molecule has 0 aliphatic rings. The molecule has 0 radical (unpaired) electrons. The average Bonchev–Trinajstić information content (AvgIpc) is 3.33. The molecule has 2 aromatic carbocycles. The Kier molecular flexibility index (Phi) is 6.42. The first-order chi connectivity index (χ1) is 15.5. The highest BCUT2D eigenvalue weighted by Crippen LogP contribution is 2.23. The number of methoxy groups -OCH3 is 1. The van der Waals surface area contributed by atoms with E-state index in [2.05, 4.69) is 10.4 Å². The molecule has 0 bridgehead atoms. The van der Waals surface area contributed by atoms with Crippen LogP contribution in [-0.2, 0) is 17.8 Å². The summed E-state index contributed by atoms with van der Waals surface area (Å²) in [6, 6.07) is 18.5. The van der Waals surface area contributed by atoms with Gasteiger partial charge in [-0.1, -0.05) is 18.2 Å². The van der Waals surface area contributed by atoms with Gasteiger partial charge < -0.3 is 10.1 Å². The number of hydrogen-bond donors (Lipinski definition) is 1. The van der Waals surface area contributed by atoms with Crippen molar-refractivity contribution in [1.29, 1.82) is 0 Å². The Morgan fingerprint density at radius 2 is 1.94 bits per heavy atom. The summed E-state index contributed by atoms with van der Waals surface area (Å²) in [5.41, 5.74) is 2.14. The maximum absolute atomic E-state index is 13.1. The smallest absolute Gasteiger partial charge is 0.270 e. The molecule has 0 aliphatic carbocycles. The Labute approximate surface area is 187 Å². The third-order valence-corrected chi connectivity index (χ3v) is 5.66. The molecule has 32 heavy (non-hydrogen) atoms. The molecule has 4 rings (SSSR count). The zero-order valence-corrected chi connectivity index (χ0v) is 18.1. The van der Waals surface area contributed by atoms with Gasteiger partial charge in [-0.2, -0.15) is 5.10 Å². The number of ether oxygens (including phenoxy) is 1. The molecule has 1 N–H and O–H groups in total. The van der Waals surface area contributed by atoms with Crippen LogP contribution in [0.4, 0.5) is 10.1 Å². The van der Waals surface area contributed by atoms with Crippen molar-refractivity contribution < 1.29 is 13.9 Å². The Morgan fingerprint density at radius 1 is 1.12 bits per heavy atom. The minimum absolute atomic E-state index is 0.263. The molecule has 0 saturated carbocycles. The van der Waals surface area contributed by atoms with Crippen molar-refractivity contribution in [3.8, 4) is 16.3 Å². The molecule has 1 amide bonds. The van der Waals surface area contributed by atoms with Crippen molar-refractivity contribution in [2.75, 3.05) is 12.4 Å². The summed E-state index contributed by atoms with van der Waals surface area (Å²) in [7, 11) is 1.59. The van der Waals surface area contributed by atoms with E-state index in [1.807, 2.05) is 41.8 Å². The number of carbonyl (C=O) groups is 1. The van der Waals surface area contributed by atoms with Gasteiger partial charge in [0, 0.05) is 17.7 Å². The third-order valence-electron chi connectivity index (χ3n) is 4.77. The van der Waals surface area contributed by atoms with E-state index in [-0.39, 0.29) is 12.1 Å². The van der Waals surface area contributed by atoms with Crippen LogP contribution in [0.5, 0.6) is 5.75 Å². The van der Waals surface area contributed by atoms with E-state index in [1.54, 1.807) is 13.2 Å². The quantitative estimate of drug-likeness (QED) is 0.455. The van der Waals surface area contributed by atoms with E-state index < -0.39 is 11.7 Å². The number of hydrogen-bond acceptors (Lipinski definition) is 5. The highest BCUT2D eigenvalue weighted by molar-refractivity contribution is 7.13. The maximum atomic E-state index is 13.1. The molecule has 0 aliphatic heterocycles. The van der Waals surface area contributed by atoms with Gasteiger partial charge in [0.25, 0.3) is 5.56 Å². The van der Waals surface area contributed by atoms with E-state index >= 15 is 0 Å². The summed E-state index contributed by atoms with van der Waals surface area (Å²) in [4.78, 5) is 26.6. The summed E-state index contributed by atoms with van der Waals surface area (Å²) in [6.07, 6.45) is 0.372. The predicted molar refractivity (Wildman–Crippen MR) is 123 cm³/mol. The molecule has 0 unspecified atom stereocenters. The number of carbonyl (C=O) groups excluding carboxylic acids is 1. The number of thiophene rings is 1. The van der Waals surface area contributed by atoms with Crippen LogP contribution in [0.3, 0.4) is 0 Å². The number of nitrogens with zero attached hydrogens (tertiary/aromatic N) is 2. The first-order valence-electron chi connectivity index (χ1n) is 9.85. The van der Waals surface area contributed by atoms with Gasteiger partial charge in [-0.25, -0.2) is 9.07 Å². The molecule has 2 heterocycles. The summed E-state index contributed by atoms with van der Waals surface area (Å²) < 4.78 is 19.5. The fourth-order valence-corrected chi connectivity index (χ4v) is 3.93. The van der Waals surface area contributed by atoms with Gasteiger partial charge in [-0.3, -0.25) is 9.59 Å². The number of rotatable bonds is 7.